The zero-order chi connectivity index (χ0) is 7.72. The average molecular weight is 226 g/mol. The van der Waals surface area contributed by atoms with Gasteiger partial charge in [-0.2, -0.15) is 6.07 Å². The smallest absolute Gasteiger partial charge is 0.0174 e. The molecule has 0 spiro atoms. The van der Waals surface area contributed by atoms with E-state index in [0.717, 1.165) is 5.56 Å². The minimum Gasteiger partial charge on any atom is -0.534 e. The minimum atomic E-state index is 0. The van der Waals surface area contributed by atoms with E-state index in [4.69, 9.17) is 5.11 Å². The van der Waals surface area contributed by atoms with E-state index in [1.807, 2.05) is 0 Å². The second-order valence-corrected chi connectivity index (χ2v) is 2.29. The largest absolute Gasteiger partial charge is 0.534 e. The molecule has 1 radical (unpaired) electrons. The van der Waals surface area contributed by atoms with Crippen LogP contribution in [0.4, 0.5) is 0 Å². The Morgan fingerprint density at radius 3 is 2.27 bits per heavy atom. The molecule has 0 bridgehead atoms. The van der Waals surface area contributed by atoms with Crippen LogP contribution in [0.25, 0.3) is 0 Å². The molecule has 1 aromatic rings. The maximum absolute atomic E-state index is 9.21. The topological polar surface area (TPSA) is 40.5 Å². The zero-order valence-corrected chi connectivity index (χ0v) is 9.39. The molecule has 1 rings (SSSR count). The third-order valence-corrected chi connectivity index (χ3v) is 1.51. The van der Waals surface area contributed by atoms with Gasteiger partial charge in [-0.3, -0.25) is 0 Å². The maximum atomic E-state index is 9.21. The van der Waals surface area contributed by atoms with Gasteiger partial charge < -0.3 is 10.2 Å². The molecule has 1 aromatic carbocycles. The molecule has 0 atom stereocenters. The van der Waals surface area contributed by atoms with Gasteiger partial charge in [-0.15, -0.1) is 11.6 Å². The summed E-state index contributed by atoms with van der Waals surface area (Å²) >= 11 is 0. The van der Waals surface area contributed by atoms with Crippen LogP contribution < -0.4 is 0 Å². The molecule has 57 valence electrons. The normalized spacial score (nSPS) is 8.91. The number of aromatic hydroxyl groups is 2. The molecule has 2 N–H and O–H groups in total. The summed E-state index contributed by atoms with van der Waals surface area (Å²) < 4.78 is 0. The summed E-state index contributed by atoms with van der Waals surface area (Å²) in [5, 5.41) is 18.2. The Bertz CT molecular complexity index is 232. The van der Waals surface area contributed by atoms with E-state index < -0.39 is 0 Å². The number of benzene rings is 1. The van der Waals surface area contributed by atoms with Gasteiger partial charge in [0.25, 0.3) is 0 Å². The first-order chi connectivity index (χ1) is 4.63. The van der Waals surface area contributed by atoms with E-state index in [-0.39, 0.29) is 44.2 Å². The van der Waals surface area contributed by atoms with Crippen LogP contribution in [-0.4, -0.2) is 10.2 Å². The van der Waals surface area contributed by atoms with Crippen LogP contribution in [0.1, 0.15) is 11.1 Å². The Balaban J connectivity index is 0.000001000. The Labute approximate surface area is 91.1 Å². The Kier molecular flexibility index (Phi) is 4.05. The number of hydrogen-bond acceptors (Lipinski definition) is 2. The molecule has 0 aliphatic heterocycles. The van der Waals surface area contributed by atoms with Gasteiger partial charge in [0.1, 0.15) is 0 Å². The van der Waals surface area contributed by atoms with Crippen LogP contribution in [0.15, 0.2) is 6.07 Å². The number of aryl methyl sites for hydroxylation is 1. The number of phenolic OH excluding ortho intramolecular Hbond substituents is 2. The summed E-state index contributed by atoms with van der Waals surface area (Å²) in [4.78, 5) is 0. The Morgan fingerprint density at radius 2 is 1.82 bits per heavy atom. The quantitative estimate of drug-likeness (QED) is 0.658. The summed E-state index contributed by atoms with van der Waals surface area (Å²) in [6, 6.07) is 4.16. The molecular weight excluding hydrogens is 217 g/mol. The van der Waals surface area contributed by atoms with Crippen LogP contribution in [0.5, 0.6) is 11.5 Å². The molecule has 0 saturated heterocycles. The summed E-state index contributed by atoms with van der Waals surface area (Å²) in [6.45, 7) is 3.41. The van der Waals surface area contributed by atoms with Gasteiger partial charge in [0.15, 0.2) is 0 Å². The van der Waals surface area contributed by atoms with Crippen molar-refractivity contribution in [2.24, 2.45) is 0 Å². The predicted octanol–water partition coefficient (Wildman–Crippen LogP) is 1.51. The van der Waals surface area contributed by atoms with Crippen molar-refractivity contribution in [2.75, 3.05) is 0 Å². The summed E-state index contributed by atoms with van der Waals surface area (Å²) in [7, 11) is 0. The van der Waals surface area contributed by atoms with E-state index in [1.54, 1.807) is 19.9 Å². The summed E-state index contributed by atoms with van der Waals surface area (Å²) in [6.07, 6.45) is 0. The zero-order valence-electron chi connectivity index (χ0n) is 6.55. The van der Waals surface area contributed by atoms with E-state index in [2.05, 4.69) is 6.07 Å². The van der Waals surface area contributed by atoms with Crippen LogP contribution in [0.3, 0.4) is 0 Å². The molecule has 0 amide bonds. The van der Waals surface area contributed by atoms with Crippen LogP contribution in [-0.2, 0) is 32.7 Å². The average Bonchev–Trinajstić information content (AvgIpc) is 1.93. The van der Waals surface area contributed by atoms with Gasteiger partial charge in [0.05, 0.1) is 0 Å². The van der Waals surface area contributed by atoms with E-state index in [1.165, 1.54) is 0 Å². The number of hydrogen-bond donors (Lipinski definition) is 2. The molecule has 0 saturated carbocycles. The molecule has 0 aromatic heterocycles. The van der Waals surface area contributed by atoms with Crippen LogP contribution in [0.2, 0.25) is 0 Å². The van der Waals surface area contributed by atoms with Gasteiger partial charge in [-0.25, -0.2) is 0 Å². The predicted molar refractivity (Wildman–Crippen MR) is 38.1 cm³/mol. The van der Waals surface area contributed by atoms with E-state index in [0.29, 0.717) is 5.56 Å². The van der Waals surface area contributed by atoms with Gasteiger partial charge in [0.2, 0.25) is 0 Å². The fraction of sp³-hybridized carbons (Fsp3) is 0.250. The van der Waals surface area contributed by atoms with Gasteiger partial charge >= 0.3 is 0 Å². The molecule has 0 aliphatic carbocycles. The fourth-order valence-electron chi connectivity index (χ4n) is 0.761. The third kappa shape index (κ3) is 2.18. The first kappa shape index (κ1) is 10.9. The van der Waals surface area contributed by atoms with Crippen molar-refractivity contribution in [1.82, 2.24) is 0 Å². The van der Waals surface area contributed by atoms with Crippen molar-refractivity contribution in [3.05, 3.63) is 23.3 Å². The van der Waals surface area contributed by atoms with Crippen molar-refractivity contribution in [3.8, 4) is 11.5 Å². The standard InChI is InChI=1S/C8H9O2.Y/c1-5-3-4-7(9)6(2)8(5)10;/h3,9-10H,1-2H3;/q-1;. The fourth-order valence-corrected chi connectivity index (χ4v) is 0.761. The number of rotatable bonds is 0. The molecule has 11 heavy (non-hydrogen) atoms. The summed E-state index contributed by atoms with van der Waals surface area (Å²) in [5.74, 6) is 0.166. The monoisotopic (exact) mass is 226 g/mol. The molecule has 0 unspecified atom stereocenters. The van der Waals surface area contributed by atoms with Crippen molar-refractivity contribution in [2.45, 2.75) is 13.8 Å². The van der Waals surface area contributed by atoms with Crippen LogP contribution >= 0.6 is 0 Å². The summed E-state index contributed by atoms with van der Waals surface area (Å²) in [5.41, 5.74) is 1.22. The van der Waals surface area contributed by atoms with Crippen molar-refractivity contribution < 1.29 is 42.9 Å². The van der Waals surface area contributed by atoms with Crippen molar-refractivity contribution >= 4 is 0 Å². The Morgan fingerprint density at radius 1 is 1.27 bits per heavy atom. The first-order valence-corrected chi connectivity index (χ1v) is 3.02. The van der Waals surface area contributed by atoms with Crippen LogP contribution in [0, 0.1) is 19.9 Å². The van der Waals surface area contributed by atoms with Crippen molar-refractivity contribution in [3.63, 3.8) is 0 Å². The maximum Gasteiger partial charge on any atom is 0.0174 e. The minimum absolute atomic E-state index is 0. The second-order valence-electron chi connectivity index (χ2n) is 2.29. The third-order valence-electron chi connectivity index (χ3n) is 1.51. The van der Waals surface area contributed by atoms with E-state index in [9.17, 15) is 5.11 Å². The van der Waals surface area contributed by atoms with Gasteiger partial charge in [-0.1, -0.05) is 19.4 Å². The van der Waals surface area contributed by atoms with E-state index >= 15 is 0 Å². The molecular formula is C8H9O2Y-. The molecule has 3 heteroatoms. The van der Waals surface area contributed by atoms with Crippen molar-refractivity contribution in [1.29, 1.82) is 0 Å². The second kappa shape index (κ2) is 4.08. The molecule has 2 nitrogen and oxygen atoms in total. The SMILES string of the molecule is Cc1c[c-]c(O)c(C)c1O.[Y]. The van der Waals surface area contributed by atoms with Gasteiger partial charge in [0, 0.05) is 44.2 Å². The molecule has 0 fully saturated rings. The number of phenols is 2. The molecule has 0 aliphatic rings. The Hall–Kier alpha value is -0.0761. The first-order valence-electron chi connectivity index (χ1n) is 3.02. The van der Waals surface area contributed by atoms with Gasteiger partial charge in [-0.05, 0) is 0 Å². The molecule has 0 heterocycles.